The number of nitrogens with one attached hydrogen (secondary N) is 1. The smallest absolute Gasteiger partial charge is 0.220 e. The van der Waals surface area contributed by atoms with E-state index in [0.717, 1.165) is 6.42 Å². The van der Waals surface area contributed by atoms with Crippen LogP contribution in [0.25, 0.3) is 0 Å². The van der Waals surface area contributed by atoms with Gasteiger partial charge in [0.25, 0.3) is 0 Å². The lowest BCUT2D eigenvalue weighted by Gasteiger charge is -2.00. The van der Waals surface area contributed by atoms with Crippen LogP contribution in [0, 0.1) is 0 Å². The van der Waals surface area contributed by atoms with Crippen molar-refractivity contribution in [2.45, 2.75) is 19.3 Å². The Hall–Kier alpha value is -1.32. The number of nitrogens with two attached hydrogens (primary N) is 1. The van der Waals surface area contributed by atoms with Gasteiger partial charge in [-0.1, -0.05) is 6.08 Å². The maximum atomic E-state index is 10.9. The van der Waals surface area contributed by atoms with Gasteiger partial charge in [-0.3, -0.25) is 9.59 Å². The Balaban J connectivity index is 3.33. The van der Waals surface area contributed by atoms with E-state index in [0.29, 0.717) is 6.54 Å². The second-order valence-electron chi connectivity index (χ2n) is 2.39. The monoisotopic (exact) mass is 170 g/mol. The van der Waals surface area contributed by atoms with Gasteiger partial charge in [0, 0.05) is 19.4 Å². The third-order valence-electron chi connectivity index (χ3n) is 1.27. The van der Waals surface area contributed by atoms with Crippen molar-refractivity contribution in [2.24, 2.45) is 5.73 Å². The molecule has 0 spiro atoms. The molecule has 0 bridgehead atoms. The van der Waals surface area contributed by atoms with Gasteiger partial charge in [-0.2, -0.15) is 0 Å². The number of primary amides is 1. The summed E-state index contributed by atoms with van der Waals surface area (Å²) in [7, 11) is 0. The molecule has 0 aliphatic carbocycles. The van der Waals surface area contributed by atoms with Gasteiger partial charge in [0.05, 0.1) is 0 Å². The molecule has 0 aromatic carbocycles. The predicted molar refractivity (Wildman–Crippen MR) is 46.3 cm³/mol. The SMILES string of the molecule is C=CCCNC(=O)CCC(N)=O. The molecule has 3 N–H and O–H groups in total. The highest BCUT2D eigenvalue weighted by Gasteiger charge is 2.01. The fourth-order valence-corrected chi connectivity index (χ4v) is 0.639. The van der Waals surface area contributed by atoms with Gasteiger partial charge in [0.2, 0.25) is 11.8 Å². The van der Waals surface area contributed by atoms with Crippen LogP contribution in [0.5, 0.6) is 0 Å². The quantitative estimate of drug-likeness (QED) is 0.433. The molecule has 2 amide bonds. The van der Waals surface area contributed by atoms with Crippen LogP contribution in [0.4, 0.5) is 0 Å². The van der Waals surface area contributed by atoms with Gasteiger partial charge in [-0.05, 0) is 6.42 Å². The molecular formula is C8H14N2O2. The molecule has 0 rings (SSSR count). The molecule has 0 saturated carbocycles. The highest BCUT2D eigenvalue weighted by Crippen LogP contribution is 1.87. The highest BCUT2D eigenvalue weighted by atomic mass is 16.2. The van der Waals surface area contributed by atoms with Gasteiger partial charge in [0.15, 0.2) is 0 Å². The first-order valence-corrected chi connectivity index (χ1v) is 3.82. The van der Waals surface area contributed by atoms with Crippen molar-refractivity contribution in [1.82, 2.24) is 5.32 Å². The van der Waals surface area contributed by atoms with E-state index in [1.807, 2.05) is 0 Å². The van der Waals surface area contributed by atoms with E-state index in [-0.39, 0.29) is 18.7 Å². The molecule has 0 aliphatic rings. The molecule has 4 heteroatoms. The van der Waals surface area contributed by atoms with Crippen LogP contribution in [0.1, 0.15) is 19.3 Å². The first-order chi connectivity index (χ1) is 5.66. The van der Waals surface area contributed by atoms with Crippen LogP contribution in [-0.4, -0.2) is 18.4 Å². The van der Waals surface area contributed by atoms with Crippen LogP contribution < -0.4 is 11.1 Å². The van der Waals surface area contributed by atoms with E-state index in [4.69, 9.17) is 5.73 Å². The average molecular weight is 170 g/mol. The molecule has 0 aromatic rings. The maximum Gasteiger partial charge on any atom is 0.220 e. The summed E-state index contributed by atoms with van der Waals surface area (Å²) in [5.41, 5.74) is 4.86. The average Bonchev–Trinajstić information content (AvgIpc) is 2.01. The second-order valence-corrected chi connectivity index (χ2v) is 2.39. The van der Waals surface area contributed by atoms with E-state index >= 15 is 0 Å². The molecule has 0 heterocycles. The molecule has 0 radical (unpaired) electrons. The zero-order chi connectivity index (χ0) is 9.40. The Bertz CT molecular complexity index is 178. The summed E-state index contributed by atoms with van der Waals surface area (Å²) >= 11 is 0. The summed E-state index contributed by atoms with van der Waals surface area (Å²) in [6.45, 7) is 4.08. The van der Waals surface area contributed by atoms with Gasteiger partial charge in [-0.25, -0.2) is 0 Å². The van der Waals surface area contributed by atoms with Crippen molar-refractivity contribution in [3.63, 3.8) is 0 Å². The van der Waals surface area contributed by atoms with Crippen LogP contribution in [0.15, 0.2) is 12.7 Å². The predicted octanol–water partition coefficient (Wildman–Crippen LogP) is -0.0558. The second kappa shape index (κ2) is 6.39. The topological polar surface area (TPSA) is 72.2 Å². The third kappa shape index (κ3) is 6.80. The Morgan fingerprint density at radius 3 is 2.58 bits per heavy atom. The zero-order valence-corrected chi connectivity index (χ0v) is 7.01. The third-order valence-corrected chi connectivity index (χ3v) is 1.27. The summed E-state index contributed by atoms with van der Waals surface area (Å²) < 4.78 is 0. The lowest BCUT2D eigenvalue weighted by molar-refractivity contribution is -0.125. The molecule has 0 unspecified atom stereocenters. The number of carbonyl (C=O) groups is 2. The molecular weight excluding hydrogens is 156 g/mol. The van der Waals surface area contributed by atoms with Gasteiger partial charge in [-0.15, -0.1) is 6.58 Å². The number of rotatable bonds is 6. The highest BCUT2D eigenvalue weighted by molar-refractivity contribution is 5.82. The molecule has 0 fully saturated rings. The van der Waals surface area contributed by atoms with Crippen molar-refractivity contribution < 1.29 is 9.59 Å². The van der Waals surface area contributed by atoms with Crippen molar-refractivity contribution in [3.05, 3.63) is 12.7 Å². The summed E-state index contributed by atoms with van der Waals surface area (Å²) in [5, 5.41) is 2.62. The molecule has 0 aromatic heterocycles. The van der Waals surface area contributed by atoms with Gasteiger partial charge < -0.3 is 11.1 Å². The Labute approximate surface area is 71.8 Å². The van der Waals surface area contributed by atoms with E-state index in [1.54, 1.807) is 6.08 Å². The Morgan fingerprint density at radius 1 is 1.42 bits per heavy atom. The van der Waals surface area contributed by atoms with Crippen molar-refractivity contribution in [3.8, 4) is 0 Å². The van der Waals surface area contributed by atoms with Crippen molar-refractivity contribution in [1.29, 1.82) is 0 Å². The lowest BCUT2D eigenvalue weighted by Crippen LogP contribution is -2.25. The van der Waals surface area contributed by atoms with Gasteiger partial charge in [0.1, 0.15) is 0 Å². The molecule has 0 aliphatic heterocycles. The van der Waals surface area contributed by atoms with Gasteiger partial charge >= 0.3 is 0 Å². The summed E-state index contributed by atoms with van der Waals surface area (Å²) in [6, 6.07) is 0. The van der Waals surface area contributed by atoms with Crippen molar-refractivity contribution >= 4 is 11.8 Å². The molecule has 0 saturated heterocycles. The minimum absolute atomic E-state index is 0.111. The molecule has 12 heavy (non-hydrogen) atoms. The lowest BCUT2D eigenvalue weighted by atomic mass is 10.3. The van der Waals surface area contributed by atoms with Crippen molar-refractivity contribution in [2.75, 3.05) is 6.54 Å². The fraction of sp³-hybridized carbons (Fsp3) is 0.500. The zero-order valence-electron chi connectivity index (χ0n) is 7.01. The van der Waals surface area contributed by atoms with Crippen LogP contribution in [-0.2, 0) is 9.59 Å². The first-order valence-electron chi connectivity index (χ1n) is 3.82. The fourth-order valence-electron chi connectivity index (χ4n) is 0.639. The van der Waals surface area contributed by atoms with Crippen LogP contribution in [0.2, 0.25) is 0 Å². The molecule has 68 valence electrons. The Kier molecular flexibility index (Phi) is 5.69. The largest absolute Gasteiger partial charge is 0.370 e. The number of amides is 2. The summed E-state index contributed by atoms with van der Waals surface area (Å²) in [5.74, 6) is -0.593. The number of hydrogen-bond donors (Lipinski definition) is 2. The first kappa shape index (κ1) is 10.7. The summed E-state index contributed by atoms with van der Waals surface area (Å²) in [6.07, 6.45) is 2.74. The number of hydrogen-bond acceptors (Lipinski definition) is 2. The normalized spacial score (nSPS) is 9.00. The van der Waals surface area contributed by atoms with Crippen LogP contribution >= 0.6 is 0 Å². The minimum atomic E-state index is -0.450. The minimum Gasteiger partial charge on any atom is -0.370 e. The maximum absolute atomic E-state index is 10.9. The van der Waals surface area contributed by atoms with E-state index in [2.05, 4.69) is 11.9 Å². The van der Waals surface area contributed by atoms with E-state index in [9.17, 15) is 9.59 Å². The molecule has 4 nitrogen and oxygen atoms in total. The standard InChI is InChI=1S/C8H14N2O2/c1-2-3-6-10-8(12)5-4-7(9)11/h2H,1,3-6H2,(H2,9,11)(H,10,12). The van der Waals surface area contributed by atoms with E-state index in [1.165, 1.54) is 0 Å². The molecule has 0 atom stereocenters. The summed E-state index contributed by atoms with van der Waals surface area (Å²) in [4.78, 5) is 21.1. The number of carbonyl (C=O) groups excluding carboxylic acids is 2. The van der Waals surface area contributed by atoms with Crippen LogP contribution in [0.3, 0.4) is 0 Å². The Morgan fingerprint density at radius 2 is 2.08 bits per heavy atom. The van der Waals surface area contributed by atoms with E-state index < -0.39 is 5.91 Å².